The van der Waals surface area contributed by atoms with E-state index in [1.807, 2.05) is 0 Å². The molecule has 0 bridgehead atoms. The average Bonchev–Trinajstić information content (AvgIpc) is 3.26. The van der Waals surface area contributed by atoms with Crippen molar-refractivity contribution in [1.82, 2.24) is 0 Å². The summed E-state index contributed by atoms with van der Waals surface area (Å²) >= 11 is 0. The van der Waals surface area contributed by atoms with Crippen LogP contribution in [0.2, 0.25) is 0 Å². The van der Waals surface area contributed by atoms with Gasteiger partial charge < -0.3 is 38.3 Å². The molecule has 0 saturated heterocycles. The van der Waals surface area contributed by atoms with Gasteiger partial charge >= 0.3 is 5.97 Å². The Morgan fingerprint density at radius 3 is 2.03 bits per heavy atom. The van der Waals surface area contributed by atoms with Crippen LogP contribution in [0, 0.1) is 0 Å². The van der Waals surface area contributed by atoms with Crippen LogP contribution >= 0.6 is 0 Å². The first-order valence-electron chi connectivity index (χ1n) is 11.9. The first-order valence-corrected chi connectivity index (χ1v) is 11.9. The summed E-state index contributed by atoms with van der Waals surface area (Å²) in [6.45, 7) is 0. The van der Waals surface area contributed by atoms with Crippen LogP contribution in [0.4, 0.5) is 0 Å². The molecule has 0 aliphatic carbocycles. The number of ether oxygens (including phenoxy) is 7. The van der Waals surface area contributed by atoms with Crippen molar-refractivity contribution in [3.05, 3.63) is 64.4 Å². The Balaban J connectivity index is 1.63. The van der Waals surface area contributed by atoms with Crippen LogP contribution in [-0.4, -0.2) is 52.4 Å². The van der Waals surface area contributed by atoms with Gasteiger partial charge in [-0.25, -0.2) is 0 Å². The van der Waals surface area contributed by atoms with Crippen LogP contribution in [0.1, 0.15) is 39.4 Å². The van der Waals surface area contributed by atoms with Crippen LogP contribution in [0.15, 0.2) is 42.2 Å². The third-order valence-electron chi connectivity index (χ3n) is 6.71. The Labute approximate surface area is 224 Å². The molecule has 10 heteroatoms. The molecule has 0 saturated carbocycles. The number of hydrogen-bond donors (Lipinski definition) is 1. The van der Waals surface area contributed by atoms with Gasteiger partial charge in [-0.15, -0.1) is 0 Å². The van der Waals surface area contributed by atoms with Crippen molar-refractivity contribution in [2.24, 2.45) is 0 Å². The highest BCUT2D eigenvalue weighted by atomic mass is 16.5. The molecule has 0 radical (unpaired) electrons. The van der Waals surface area contributed by atoms with Crippen molar-refractivity contribution in [3.63, 3.8) is 0 Å². The van der Waals surface area contributed by atoms with Crippen LogP contribution in [-0.2, 0) is 4.79 Å². The van der Waals surface area contributed by atoms with Gasteiger partial charge in [-0.05, 0) is 42.0 Å². The molecule has 202 valence electrons. The molecule has 0 aromatic heterocycles. The second-order valence-electron chi connectivity index (χ2n) is 8.75. The van der Waals surface area contributed by atoms with E-state index in [1.54, 1.807) is 42.5 Å². The molecular weight excluding hydrogens is 508 g/mol. The van der Waals surface area contributed by atoms with E-state index in [-0.39, 0.29) is 46.7 Å². The standard InChI is InChI=1S/C29H26O10/c1-33-19-13-21(35-3)20(34-2)10-15(19)11-24-27(31)16-6-7-18-26(29(16)39-24)17(12-25(30)38-18)14-8-22(36-4)28(32)23(9-14)37-5/h6-11,13,17,32H,12H2,1-5H3/b24-11+/t17-/m1/s1. The Morgan fingerprint density at radius 2 is 1.41 bits per heavy atom. The van der Waals surface area contributed by atoms with E-state index in [9.17, 15) is 14.7 Å². The van der Waals surface area contributed by atoms with E-state index < -0.39 is 11.9 Å². The zero-order valence-electron chi connectivity index (χ0n) is 21.9. The number of rotatable bonds is 7. The lowest BCUT2D eigenvalue weighted by Crippen LogP contribution is -2.21. The van der Waals surface area contributed by atoms with Gasteiger partial charge in [0.25, 0.3) is 0 Å². The molecule has 0 fully saturated rings. The lowest BCUT2D eigenvalue weighted by atomic mass is 9.84. The monoisotopic (exact) mass is 534 g/mol. The number of carbonyl (C=O) groups excluding carboxylic acids is 2. The van der Waals surface area contributed by atoms with Crippen LogP contribution in [0.25, 0.3) is 6.08 Å². The van der Waals surface area contributed by atoms with Crippen LogP contribution < -0.4 is 33.2 Å². The average molecular weight is 535 g/mol. The lowest BCUT2D eigenvalue weighted by molar-refractivity contribution is -0.135. The number of hydrogen-bond acceptors (Lipinski definition) is 10. The Bertz CT molecular complexity index is 1500. The normalized spacial score (nSPS) is 16.6. The van der Waals surface area contributed by atoms with Crippen molar-refractivity contribution >= 4 is 17.8 Å². The topological polar surface area (TPSA) is 119 Å². The van der Waals surface area contributed by atoms with E-state index >= 15 is 0 Å². The summed E-state index contributed by atoms with van der Waals surface area (Å²) in [5.74, 6) is 0.810. The number of phenols is 1. The van der Waals surface area contributed by atoms with Crippen LogP contribution in [0.3, 0.4) is 0 Å². The van der Waals surface area contributed by atoms with Gasteiger partial charge in [0.1, 0.15) is 17.2 Å². The van der Waals surface area contributed by atoms with E-state index in [0.29, 0.717) is 39.5 Å². The van der Waals surface area contributed by atoms with E-state index in [4.69, 9.17) is 33.2 Å². The number of carbonyl (C=O) groups is 2. The van der Waals surface area contributed by atoms with E-state index in [0.717, 1.165) is 0 Å². The van der Waals surface area contributed by atoms with Gasteiger partial charge in [-0.3, -0.25) is 9.59 Å². The number of phenolic OH excluding ortho intramolecular Hbond substituents is 1. The fourth-order valence-electron chi connectivity index (χ4n) is 4.81. The van der Waals surface area contributed by atoms with Gasteiger partial charge in [0.05, 0.1) is 47.5 Å². The van der Waals surface area contributed by atoms with Gasteiger partial charge in [0, 0.05) is 23.1 Å². The summed E-state index contributed by atoms with van der Waals surface area (Å²) in [7, 11) is 7.36. The minimum Gasteiger partial charge on any atom is -0.502 e. The largest absolute Gasteiger partial charge is 0.502 e. The fraction of sp³-hybridized carbons (Fsp3) is 0.241. The van der Waals surface area contributed by atoms with Crippen molar-refractivity contribution in [1.29, 1.82) is 0 Å². The molecule has 1 N–H and O–H groups in total. The molecule has 0 spiro atoms. The summed E-state index contributed by atoms with van der Waals surface area (Å²) in [4.78, 5) is 26.0. The summed E-state index contributed by atoms with van der Waals surface area (Å²) in [6.07, 6.45) is 1.53. The van der Waals surface area contributed by atoms with Crippen molar-refractivity contribution in [2.75, 3.05) is 35.5 Å². The van der Waals surface area contributed by atoms with Gasteiger partial charge in [-0.1, -0.05) is 0 Å². The number of fused-ring (bicyclic) bond motifs is 3. The number of methoxy groups -OCH3 is 5. The highest BCUT2D eigenvalue weighted by molar-refractivity contribution is 6.15. The molecule has 0 amide bonds. The van der Waals surface area contributed by atoms with Crippen molar-refractivity contribution in [2.45, 2.75) is 12.3 Å². The van der Waals surface area contributed by atoms with Gasteiger partial charge in [0.15, 0.2) is 28.8 Å². The Hall–Kier alpha value is -4.86. The highest BCUT2D eigenvalue weighted by Crippen LogP contribution is 2.51. The summed E-state index contributed by atoms with van der Waals surface area (Å²) < 4.78 is 38.5. The molecule has 3 aromatic carbocycles. The maximum Gasteiger partial charge on any atom is 0.312 e. The van der Waals surface area contributed by atoms with Gasteiger partial charge in [-0.2, -0.15) is 0 Å². The molecule has 2 aliphatic rings. The highest BCUT2D eigenvalue weighted by Gasteiger charge is 2.39. The Morgan fingerprint density at radius 1 is 0.795 bits per heavy atom. The molecular formula is C29H26O10. The molecule has 1 atom stereocenters. The molecule has 2 heterocycles. The second kappa shape index (κ2) is 10.1. The molecule has 2 aliphatic heterocycles. The number of Topliss-reactive ketones (excluding diaryl/α,β-unsaturated/α-hetero) is 1. The Kier molecular flexibility index (Phi) is 6.69. The third kappa shape index (κ3) is 4.33. The molecule has 3 aromatic rings. The zero-order valence-corrected chi connectivity index (χ0v) is 21.9. The predicted octanol–water partition coefficient (Wildman–Crippen LogP) is 4.49. The van der Waals surface area contributed by atoms with E-state index in [2.05, 4.69) is 0 Å². The number of esters is 1. The number of benzene rings is 3. The molecule has 5 rings (SSSR count). The summed E-state index contributed by atoms with van der Waals surface area (Å²) in [5, 5.41) is 10.4. The summed E-state index contributed by atoms with van der Waals surface area (Å²) in [6, 6.07) is 9.71. The van der Waals surface area contributed by atoms with E-state index in [1.165, 1.54) is 35.5 Å². The first-order chi connectivity index (χ1) is 18.8. The fourth-order valence-corrected chi connectivity index (χ4v) is 4.81. The number of aromatic hydroxyl groups is 1. The third-order valence-corrected chi connectivity index (χ3v) is 6.71. The first kappa shape index (κ1) is 25.8. The smallest absolute Gasteiger partial charge is 0.312 e. The quantitative estimate of drug-likeness (QED) is 0.264. The summed E-state index contributed by atoms with van der Waals surface area (Å²) in [5.41, 5.74) is 2.00. The van der Waals surface area contributed by atoms with Crippen molar-refractivity contribution in [3.8, 4) is 46.0 Å². The lowest BCUT2D eigenvalue weighted by Gasteiger charge is -2.27. The number of ketones is 1. The van der Waals surface area contributed by atoms with Crippen LogP contribution in [0.5, 0.6) is 46.0 Å². The predicted molar refractivity (Wildman–Crippen MR) is 139 cm³/mol. The van der Waals surface area contributed by atoms with Crippen molar-refractivity contribution < 1.29 is 47.9 Å². The zero-order chi connectivity index (χ0) is 27.8. The maximum atomic E-state index is 13.4. The minimum absolute atomic E-state index is 0.0271. The van der Waals surface area contributed by atoms with Gasteiger partial charge in [0.2, 0.25) is 11.5 Å². The minimum atomic E-state index is -0.567. The second-order valence-corrected chi connectivity index (χ2v) is 8.75. The molecule has 0 unspecified atom stereocenters. The molecule has 39 heavy (non-hydrogen) atoms. The SMILES string of the molecule is COc1cc(OC)c(OC)cc1/C=C1/Oc2c(ccc3c2[C@@H](c2cc(OC)c(O)c(OC)c2)CC(=O)O3)C1=O. The number of allylic oxidation sites excluding steroid dienone is 1. The maximum absolute atomic E-state index is 13.4. The molecule has 10 nitrogen and oxygen atoms in total.